The first-order valence-electron chi connectivity index (χ1n) is 11.0. The van der Waals surface area contributed by atoms with Gasteiger partial charge in [0, 0.05) is 30.9 Å². The minimum Gasteiger partial charge on any atom is -0.471 e. The number of aryl methyl sites for hydroxylation is 3. The van der Waals surface area contributed by atoms with E-state index in [0.29, 0.717) is 22.1 Å². The number of ether oxygens (including phenoxy) is 1. The molecule has 0 spiro atoms. The Morgan fingerprint density at radius 2 is 1.88 bits per heavy atom. The summed E-state index contributed by atoms with van der Waals surface area (Å²) in [5.41, 5.74) is 4.03. The fourth-order valence-corrected chi connectivity index (χ4v) is 3.85. The monoisotopic (exact) mass is 478 g/mol. The molecule has 0 aliphatic heterocycles. The van der Waals surface area contributed by atoms with Crippen molar-refractivity contribution in [3.05, 3.63) is 80.5 Å². The fourth-order valence-electron chi connectivity index (χ4n) is 3.65. The normalized spacial score (nSPS) is 11.3. The molecule has 0 aliphatic carbocycles. The maximum atomic E-state index is 13.4. The first-order valence-corrected chi connectivity index (χ1v) is 11.4. The minimum absolute atomic E-state index is 0.196. The number of rotatable bonds is 6. The van der Waals surface area contributed by atoms with Gasteiger partial charge >= 0.3 is 0 Å². The summed E-state index contributed by atoms with van der Waals surface area (Å²) in [5.74, 6) is 1.71. The van der Waals surface area contributed by atoms with Gasteiger partial charge in [-0.3, -0.25) is 14.0 Å². The van der Waals surface area contributed by atoms with Crippen molar-refractivity contribution in [1.82, 2.24) is 29.3 Å². The average Bonchev–Trinajstić information content (AvgIpc) is 3.22. The van der Waals surface area contributed by atoms with Crippen LogP contribution in [0.1, 0.15) is 48.2 Å². The van der Waals surface area contributed by atoms with Crippen LogP contribution in [0.3, 0.4) is 0 Å². The Kier molecular flexibility index (Phi) is 6.52. The van der Waals surface area contributed by atoms with Gasteiger partial charge in [0.05, 0.1) is 27.7 Å². The molecule has 0 atom stereocenters. The van der Waals surface area contributed by atoms with E-state index in [1.807, 2.05) is 44.6 Å². The summed E-state index contributed by atoms with van der Waals surface area (Å²) in [5, 5.41) is 4.73. The smallest absolute Gasteiger partial charge is 0.264 e. The summed E-state index contributed by atoms with van der Waals surface area (Å²) in [6.45, 7) is 9.74. The SMILES string of the molecule is Cc1cnc(C(C)C)nc1-c1ccc(Cl)c(-n2c(C)nc(OCc3ccn(C)n3)c(C)c2=O)c1. The van der Waals surface area contributed by atoms with Crippen molar-refractivity contribution in [2.75, 3.05) is 0 Å². The summed E-state index contributed by atoms with van der Waals surface area (Å²) in [7, 11) is 1.84. The van der Waals surface area contributed by atoms with Gasteiger partial charge in [-0.15, -0.1) is 0 Å². The molecule has 4 rings (SSSR count). The summed E-state index contributed by atoms with van der Waals surface area (Å²) in [6, 6.07) is 7.39. The molecule has 0 radical (unpaired) electrons. The molecule has 0 amide bonds. The van der Waals surface area contributed by atoms with Crippen molar-refractivity contribution in [3.63, 3.8) is 0 Å². The van der Waals surface area contributed by atoms with Gasteiger partial charge in [-0.25, -0.2) is 9.97 Å². The van der Waals surface area contributed by atoms with Crippen molar-refractivity contribution >= 4 is 11.6 Å². The number of hydrogen-bond donors (Lipinski definition) is 0. The second kappa shape index (κ2) is 9.38. The van der Waals surface area contributed by atoms with Crippen molar-refractivity contribution in [1.29, 1.82) is 0 Å². The Morgan fingerprint density at radius 3 is 2.56 bits per heavy atom. The second-order valence-electron chi connectivity index (χ2n) is 8.58. The predicted octanol–water partition coefficient (Wildman–Crippen LogP) is 4.70. The first-order chi connectivity index (χ1) is 16.2. The Balaban J connectivity index is 1.76. The quantitative estimate of drug-likeness (QED) is 0.399. The van der Waals surface area contributed by atoms with E-state index in [9.17, 15) is 4.79 Å². The predicted molar refractivity (Wildman–Crippen MR) is 132 cm³/mol. The highest BCUT2D eigenvalue weighted by Gasteiger charge is 2.18. The molecule has 34 heavy (non-hydrogen) atoms. The maximum absolute atomic E-state index is 13.4. The van der Waals surface area contributed by atoms with Crippen molar-refractivity contribution in [2.45, 2.75) is 47.1 Å². The van der Waals surface area contributed by atoms with Gasteiger partial charge < -0.3 is 4.74 Å². The van der Waals surface area contributed by atoms with Gasteiger partial charge in [-0.2, -0.15) is 10.1 Å². The van der Waals surface area contributed by atoms with Crippen LogP contribution in [0.4, 0.5) is 0 Å². The van der Waals surface area contributed by atoms with E-state index in [0.717, 1.165) is 28.3 Å². The molecule has 0 fully saturated rings. The minimum atomic E-state index is -0.246. The van der Waals surface area contributed by atoms with E-state index in [1.54, 1.807) is 24.6 Å². The van der Waals surface area contributed by atoms with E-state index in [1.165, 1.54) is 4.57 Å². The third-order valence-corrected chi connectivity index (χ3v) is 5.84. The summed E-state index contributed by atoms with van der Waals surface area (Å²) in [4.78, 5) is 27.1. The molecule has 9 heteroatoms. The van der Waals surface area contributed by atoms with Crippen LogP contribution >= 0.6 is 11.6 Å². The van der Waals surface area contributed by atoms with E-state index in [4.69, 9.17) is 21.3 Å². The van der Waals surface area contributed by atoms with Crippen LogP contribution in [0.2, 0.25) is 5.02 Å². The molecular formula is C25H27ClN6O2. The lowest BCUT2D eigenvalue weighted by Gasteiger charge is -2.16. The topological polar surface area (TPSA) is 87.7 Å². The number of nitrogens with zero attached hydrogens (tertiary/aromatic N) is 6. The third kappa shape index (κ3) is 4.59. The highest BCUT2D eigenvalue weighted by Crippen LogP contribution is 2.29. The van der Waals surface area contributed by atoms with Crippen LogP contribution < -0.4 is 10.3 Å². The molecule has 0 saturated carbocycles. The van der Waals surface area contributed by atoms with Gasteiger partial charge in [-0.1, -0.05) is 31.5 Å². The molecular weight excluding hydrogens is 452 g/mol. The highest BCUT2D eigenvalue weighted by molar-refractivity contribution is 6.32. The largest absolute Gasteiger partial charge is 0.471 e. The van der Waals surface area contributed by atoms with E-state index >= 15 is 0 Å². The third-order valence-electron chi connectivity index (χ3n) is 5.52. The molecule has 3 aromatic heterocycles. The molecule has 0 saturated heterocycles. The molecule has 0 aliphatic rings. The van der Waals surface area contributed by atoms with Crippen LogP contribution in [0, 0.1) is 20.8 Å². The first kappa shape index (κ1) is 23.6. The van der Waals surface area contributed by atoms with Gasteiger partial charge in [0.2, 0.25) is 5.88 Å². The Bertz CT molecular complexity index is 1420. The zero-order chi connectivity index (χ0) is 24.6. The Morgan fingerprint density at radius 1 is 1.12 bits per heavy atom. The van der Waals surface area contributed by atoms with Crippen molar-refractivity contribution in [3.8, 4) is 22.8 Å². The van der Waals surface area contributed by atoms with Gasteiger partial charge in [0.1, 0.15) is 18.3 Å². The lowest BCUT2D eigenvalue weighted by molar-refractivity contribution is 0.283. The van der Waals surface area contributed by atoms with Crippen LogP contribution in [0.25, 0.3) is 16.9 Å². The molecule has 176 valence electrons. The second-order valence-corrected chi connectivity index (χ2v) is 8.99. The van der Waals surface area contributed by atoms with E-state index in [2.05, 4.69) is 28.9 Å². The van der Waals surface area contributed by atoms with Crippen LogP contribution in [0.15, 0.2) is 41.5 Å². The number of benzene rings is 1. The lowest BCUT2D eigenvalue weighted by Crippen LogP contribution is -2.25. The zero-order valence-corrected chi connectivity index (χ0v) is 20.9. The van der Waals surface area contributed by atoms with E-state index in [-0.39, 0.29) is 24.0 Å². The lowest BCUT2D eigenvalue weighted by atomic mass is 10.1. The van der Waals surface area contributed by atoms with Gasteiger partial charge in [0.15, 0.2) is 0 Å². The molecule has 8 nitrogen and oxygen atoms in total. The molecule has 0 bridgehead atoms. The standard InChI is InChI=1S/C25H27ClN6O2/c1-14(2)23-27-12-15(3)22(29-23)18-7-8-20(26)21(11-18)32-17(5)28-24(16(4)25(32)33)34-13-19-9-10-31(6)30-19/h7-12,14H,13H2,1-6H3. The highest BCUT2D eigenvalue weighted by atomic mass is 35.5. The van der Waals surface area contributed by atoms with Gasteiger partial charge in [-0.05, 0) is 44.5 Å². The fraction of sp³-hybridized carbons (Fsp3) is 0.320. The van der Waals surface area contributed by atoms with Gasteiger partial charge in [0.25, 0.3) is 5.56 Å². The summed E-state index contributed by atoms with van der Waals surface area (Å²) >= 11 is 6.56. The molecule has 0 unspecified atom stereocenters. The summed E-state index contributed by atoms with van der Waals surface area (Å²) < 4.78 is 9.02. The molecule has 4 aromatic rings. The van der Waals surface area contributed by atoms with Crippen LogP contribution in [-0.4, -0.2) is 29.3 Å². The zero-order valence-electron chi connectivity index (χ0n) is 20.1. The average molecular weight is 479 g/mol. The molecule has 0 N–H and O–H groups in total. The van der Waals surface area contributed by atoms with Crippen LogP contribution in [0.5, 0.6) is 5.88 Å². The number of aromatic nitrogens is 6. The Hall–Kier alpha value is -3.52. The number of halogens is 1. The Labute approximate surface area is 203 Å². The molecule has 3 heterocycles. The van der Waals surface area contributed by atoms with E-state index < -0.39 is 0 Å². The van der Waals surface area contributed by atoms with Crippen molar-refractivity contribution in [2.24, 2.45) is 7.05 Å². The molecule has 1 aromatic carbocycles. The van der Waals surface area contributed by atoms with Crippen LogP contribution in [-0.2, 0) is 13.7 Å². The summed E-state index contributed by atoms with van der Waals surface area (Å²) in [6.07, 6.45) is 3.66. The number of hydrogen-bond acceptors (Lipinski definition) is 6. The van der Waals surface area contributed by atoms with Crippen molar-refractivity contribution < 1.29 is 4.74 Å². The maximum Gasteiger partial charge on any atom is 0.264 e.